The molecule has 2 aromatic carbocycles. The molecule has 2 aromatic rings. The lowest BCUT2D eigenvalue weighted by atomic mass is 9.94. The number of amides is 1. The van der Waals surface area contributed by atoms with E-state index in [0.29, 0.717) is 30.9 Å². The van der Waals surface area contributed by atoms with Crippen LogP contribution >= 0.6 is 0 Å². The Morgan fingerprint density at radius 1 is 1.07 bits per heavy atom. The topological polar surface area (TPSA) is 103 Å². The van der Waals surface area contributed by atoms with E-state index in [1.165, 1.54) is 0 Å². The lowest BCUT2D eigenvalue weighted by Crippen LogP contribution is -2.52. The van der Waals surface area contributed by atoms with E-state index in [4.69, 9.17) is 19.9 Å². The van der Waals surface area contributed by atoms with Crippen LogP contribution in [0, 0.1) is 0 Å². The Kier molecular flexibility index (Phi) is 6.74. The molecular weight excluding hydrogens is 384 g/mol. The number of carbonyl (C=O) groups is 2. The standard InChI is InChI=1S/C23H28N2O5/c1-23(14-30-23)21(26)18(12-15-7-5-4-6-8-15)25-22(27)17(24)11-16-9-10-19(28-2)20(13-16)29-3/h4-10,13,17-18H,11-12,14,24H2,1-3H3,(H,25,27). The summed E-state index contributed by atoms with van der Waals surface area (Å²) in [4.78, 5) is 25.7. The van der Waals surface area contributed by atoms with E-state index >= 15 is 0 Å². The number of carbonyl (C=O) groups excluding carboxylic acids is 2. The van der Waals surface area contributed by atoms with Crippen molar-refractivity contribution in [2.24, 2.45) is 5.73 Å². The Bertz CT molecular complexity index is 896. The summed E-state index contributed by atoms with van der Waals surface area (Å²) in [5.41, 5.74) is 7.10. The van der Waals surface area contributed by atoms with E-state index in [1.807, 2.05) is 36.4 Å². The number of hydrogen-bond donors (Lipinski definition) is 2. The fraction of sp³-hybridized carbons (Fsp3) is 0.391. The van der Waals surface area contributed by atoms with Crippen molar-refractivity contribution in [1.29, 1.82) is 0 Å². The highest BCUT2D eigenvalue weighted by atomic mass is 16.6. The largest absolute Gasteiger partial charge is 0.493 e. The molecule has 1 heterocycles. The summed E-state index contributed by atoms with van der Waals surface area (Å²) in [7, 11) is 3.11. The van der Waals surface area contributed by atoms with E-state index in [2.05, 4.69) is 5.32 Å². The first-order chi connectivity index (χ1) is 14.4. The number of ketones is 1. The number of Topliss-reactive ketones (excluding diaryl/α,β-unsaturated/α-hetero) is 1. The molecule has 0 spiro atoms. The Hall–Kier alpha value is -2.90. The molecule has 0 bridgehead atoms. The maximum absolute atomic E-state index is 12.9. The van der Waals surface area contributed by atoms with Crippen molar-refractivity contribution < 1.29 is 23.8 Å². The smallest absolute Gasteiger partial charge is 0.237 e. The molecule has 1 aliphatic rings. The van der Waals surface area contributed by atoms with Crippen molar-refractivity contribution >= 4 is 11.7 Å². The third kappa shape index (κ3) is 5.17. The fourth-order valence-corrected chi connectivity index (χ4v) is 3.31. The van der Waals surface area contributed by atoms with Crippen molar-refractivity contribution in [3.8, 4) is 11.5 Å². The molecule has 3 N–H and O–H groups in total. The van der Waals surface area contributed by atoms with Gasteiger partial charge in [0, 0.05) is 0 Å². The molecule has 0 aliphatic carbocycles. The van der Waals surface area contributed by atoms with Gasteiger partial charge in [-0.3, -0.25) is 9.59 Å². The number of nitrogens with one attached hydrogen (secondary N) is 1. The van der Waals surface area contributed by atoms with Crippen LogP contribution in [0.5, 0.6) is 11.5 Å². The van der Waals surface area contributed by atoms with Crippen LogP contribution < -0.4 is 20.5 Å². The SMILES string of the molecule is COc1ccc(CC(N)C(=O)NC(Cc2ccccc2)C(=O)C2(C)CO2)cc1OC. The lowest BCUT2D eigenvalue weighted by Gasteiger charge is -2.22. The summed E-state index contributed by atoms with van der Waals surface area (Å²) in [6, 6.07) is 13.4. The number of benzene rings is 2. The van der Waals surface area contributed by atoms with Crippen LogP contribution in [0.15, 0.2) is 48.5 Å². The minimum atomic E-state index is -0.833. The van der Waals surface area contributed by atoms with Crippen molar-refractivity contribution in [3.63, 3.8) is 0 Å². The van der Waals surface area contributed by atoms with Gasteiger partial charge in [0.05, 0.1) is 32.9 Å². The van der Waals surface area contributed by atoms with Gasteiger partial charge in [0.15, 0.2) is 17.3 Å². The van der Waals surface area contributed by atoms with E-state index in [9.17, 15) is 9.59 Å². The molecular formula is C23H28N2O5. The molecule has 7 nitrogen and oxygen atoms in total. The molecule has 160 valence electrons. The highest BCUT2D eigenvalue weighted by Crippen LogP contribution is 2.29. The molecule has 0 saturated carbocycles. The normalized spacial score (nSPS) is 19.5. The molecule has 7 heteroatoms. The summed E-state index contributed by atoms with van der Waals surface area (Å²) in [6.45, 7) is 2.10. The zero-order valence-electron chi connectivity index (χ0n) is 17.5. The average molecular weight is 412 g/mol. The summed E-state index contributed by atoms with van der Waals surface area (Å²) in [5.74, 6) is 0.644. The van der Waals surface area contributed by atoms with Gasteiger partial charge in [-0.05, 0) is 43.0 Å². The van der Waals surface area contributed by atoms with Gasteiger partial charge < -0.3 is 25.3 Å². The number of rotatable bonds is 10. The third-order valence-corrected chi connectivity index (χ3v) is 5.25. The first-order valence-electron chi connectivity index (χ1n) is 9.85. The van der Waals surface area contributed by atoms with Gasteiger partial charge in [-0.25, -0.2) is 0 Å². The predicted molar refractivity (Wildman–Crippen MR) is 113 cm³/mol. The van der Waals surface area contributed by atoms with Crippen LogP contribution in [0.25, 0.3) is 0 Å². The summed E-state index contributed by atoms with van der Waals surface area (Å²) >= 11 is 0. The Labute approximate surface area is 176 Å². The second kappa shape index (κ2) is 9.28. The quantitative estimate of drug-likeness (QED) is 0.576. The number of epoxide rings is 1. The minimum absolute atomic E-state index is 0.141. The van der Waals surface area contributed by atoms with Gasteiger partial charge in [0.1, 0.15) is 5.60 Å². The third-order valence-electron chi connectivity index (χ3n) is 5.25. The molecule has 1 amide bonds. The molecule has 1 saturated heterocycles. The van der Waals surface area contributed by atoms with Gasteiger partial charge >= 0.3 is 0 Å². The maximum atomic E-state index is 12.9. The van der Waals surface area contributed by atoms with Gasteiger partial charge in [0.2, 0.25) is 5.91 Å². The highest BCUT2D eigenvalue weighted by molar-refractivity contribution is 5.97. The molecule has 3 unspecified atom stereocenters. The first-order valence-corrected chi connectivity index (χ1v) is 9.85. The second-order valence-electron chi connectivity index (χ2n) is 7.63. The fourth-order valence-electron chi connectivity index (χ4n) is 3.31. The Morgan fingerprint density at radius 2 is 1.73 bits per heavy atom. The Morgan fingerprint density at radius 3 is 2.33 bits per heavy atom. The summed E-state index contributed by atoms with van der Waals surface area (Å²) in [6.07, 6.45) is 0.680. The first kappa shape index (κ1) is 21.8. The number of methoxy groups -OCH3 is 2. The maximum Gasteiger partial charge on any atom is 0.237 e. The van der Waals surface area contributed by atoms with E-state index in [0.717, 1.165) is 11.1 Å². The summed E-state index contributed by atoms with van der Waals surface area (Å²) < 4.78 is 15.8. The van der Waals surface area contributed by atoms with Gasteiger partial charge in [-0.2, -0.15) is 0 Å². The zero-order valence-corrected chi connectivity index (χ0v) is 17.5. The van der Waals surface area contributed by atoms with E-state index < -0.39 is 17.7 Å². The molecule has 30 heavy (non-hydrogen) atoms. The monoisotopic (exact) mass is 412 g/mol. The van der Waals surface area contributed by atoms with Crippen molar-refractivity contribution in [3.05, 3.63) is 59.7 Å². The molecule has 1 fully saturated rings. The molecule has 1 aliphatic heterocycles. The highest BCUT2D eigenvalue weighted by Gasteiger charge is 2.50. The van der Waals surface area contributed by atoms with Crippen LogP contribution in [0.1, 0.15) is 18.1 Å². The average Bonchev–Trinajstić information content (AvgIpc) is 3.51. The predicted octanol–water partition coefficient (Wildman–Crippen LogP) is 1.66. The number of hydrogen-bond acceptors (Lipinski definition) is 6. The Balaban J connectivity index is 1.69. The summed E-state index contributed by atoms with van der Waals surface area (Å²) in [5, 5.41) is 2.83. The number of nitrogens with two attached hydrogens (primary N) is 1. The second-order valence-corrected chi connectivity index (χ2v) is 7.63. The van der Waals surface area contributed by atoms with Gasteiger partial charge in [-0.1, -0.05) is 36.4 Å². The zero-order chi connectivity index (χ0) is 21.7. The molecule has 0 radical (unpaired) electrons. The van der Waals surface area contributed by atoms with Crippen LogP contribution in [-0.2, 0) is 27.2 Å². The van der Waals surface area contributed by atoms with Crippen LogP contribution in [0.2, 0.25) is 0 Å². The van der Waals surface area contributed by atoms with E-state index in [-0.39, 0.29) is 11.7 Å². The lowest BCUT2D eigenvalue weighted by molar-refractivity contribution is -0.131. The van der Waals surface area contributed by atoms with Crippen LogP contribution in [0.3, 0.4) is 0 Å². The molecule has 3 atom stereocenters. The van der Waals surface area contributed by atoms with Crippen molar-refractivity contribution in [2.45, 2.75) is 37.5 Å². The van der Waals surface area contributed by atoms with E-state index in [1.54, 1.807) is 33.3 Å². The van der Waals surface area contributed by atoms with Crippen molar-refractivity contribution in [2.75, 3.05) is 20.8 Å². The minimum Gasteiger partial charge on any atom is -0.493 e. The van der Waals surface area contributed by atoms with Crippen LogP contribution in [0.4, 0.5) is 0 Å². The molecule has 3 rings (SSSR count). The van der Waals surface area contributed by atoms with Gasteiger partial charge in [0.25, 0.3) is 0 Å². The molecule has 0 aromatic heterocycles. The van der Waals surface area contributed by atoms with Gasteiger partial charge in [-0.15, -0.1) is 0 Å². The number of ether oxygens (including phenoxy) is 3. The van der Waals surface area contributed by atoms with Crippen molar-refractivity contribution in [1.82, 2.24) is 5.32 Å². The van der Waals surface area contributed by atoms with Crippen LogP contribution in [-0.4, -0.2) is 50.2 Å².